The molecule has 1 aromatic rings. The van der Waals surface area contributed by atoms with Gasteiger partial charge in [-0.2, -0.15) is 24.9 Å². The number of hydrogen-bond donors (Lipinski definition) is 1. The summed E-state index contributed by atoms with van der Waals surface area (Å²) in [6, 6.07) is 3.03. The predicted molar refractivity (Wildman–Crippen MR) is 62.9 cm³/mol. The maximum Gasteiger partial charge on any atom is 0.390 e. The van der Waals surface area contributed by atoms with Crippen LogP contribution in [0.3, 0.4) is 0 Å². The van der Waals surface area contributed by atoms with Gasteiger partial charge in [-0.3, -0.25) is 0 Å². The van der Waals surface area contributed by atoms with Gasteiger partial charge in [0.1, 0.15) is 11.5 Å². The lowest BCUT2D eigenvalue weighted by Crippen LogP contribution is -2.30. The fraction of sp³-hybridized carbons (Fsp3) is 0.636. The van der Waals surface area contributed by atoms with Gasteiger partial charge in [0.15, 0.2) is 0 Å². The lowest BCUT2D eigenvalue weighted by Gasteiger charge is -2.14. The van der Waals surface area contributed by atoms with Crippen LogP contribution in [0.15, 0.2) is 16.5 Å². The molecule has 0 aliphatic rings. The molecule has 1 atom stereocenters. The Morgan fingerprint density at radius 2 is 2.00 bits per heavy atom. The van der Waals surface area contributed by atoms with Crippen molar-refractivity contribution in [3.8, 4) is 0 Å². The summed E-state index contributed by atoms with van der Waals surface area (Å²) >= 11 is 1.64. The molecule has 2 nitrogen and oxygen atoms in total. The van der Waals surface area contributed by atoms with E-state index >= 15 is 0 Å². The van der Waals surface area contributed by atoms with Crippen molar-refractivity contribution in [2.45, 2.75) is 37.9 Å². The van der Waals surface area contributed by atoms with Crippen LogP contribution in [0.5, 0.6) is 0 Å². The Morgan fingerprint density at radius 3 is 2.59 bits per heavy atom. The number of halogens is 3. The van der Waals surface area contributed by atoms with E-state index in [1.54, 1.807) is 17.8 Å². The summed E-state index contributed by atoms with van der Waals surface area (Å²) in [4.78, 5) is 0. The third-order valence-electron chi connectivity index (χ3n) is 2.17. The van der Waals surface area contributed by atoms with Crippen LogP contribution in [-0.2, 0) is 12.3 Å². The van der Waals surface area contributed by atoms with Gasteiger partial charge in [-0.15, -0.1) is 0 Å². The van der Waals surface area contributed by atoms with Crippen LogP contribution < -0.4 is 5.32 Å². The highest BCUT2D eigenvalue weighted by Gasteiger charge is 2.29. The summed E-state index contributed by atoms with van der Waals surface area (Å²) in [5.41, 5.74) is 0. The van der Waals surface area contributed by atoms with E-state index in [4.69, 9.17) is 4.42 Å². The van der Waals surface area contributed by atoms with Crippen molar-refractivity contribution in [1.29, 1.82) is 0 Å². The standard InChI is InChI=1S/C11H16F3NOS/c1-8(5-11(12,13)14)15-6-9-3-4-10(16-9)7-17-2/h3-4,8,15H,5-7H2,1-2H3. The minimum Gasteiger partial charge on any atom is -0.464 e. The van der Waals surface area contributed by atoms with Gasteiger partial charge in [0, 0.05) is 6.04 Å². The topological polar surface area (TPSA) is 25.2 Å². The van der Waals surface area contributed by atoms with Crippen LogP contribution in [0, 0.1) is 0 Å². The monoisotopic (exact) mass is 267 g/mol. The molecule has 0 spiro atoms. The molecule has 1 heterocycles. The SMILES string of the molecule is CSCc1ccc(CNC(C)CC(F)(F)F)o1. The smallest absolute Gasteiger partial charge is 0.390 e. The lowest BCUT2D eigenvalue weighted by molar-refractivity contribution is -0.139. The Bertz CT molecular complexity index is 338. The molecule has 0 amide bonds. The first-order valence-electron chi connectivity index (χ1n) is 5.27. The fourth-order valence-corrected chi connectivity index (χ4v) is 1.87. The maximum absolute atomic E-state index is 12.1. The van der Waals surface area contributed by atoms with Gasteiger partial charge in [-0.25, -0.2) is 0 Å². The summed E-state index contributed by atoms with van der Waals surface area (Å²) in [6.45, 7) is 1.84. The van der Waals surface area contributed by atoms with Crippen LogP contribution in [0.1, 0.15) is 24.9 Å². The number of alkyl halides is 3. The zero-order valence-electron chi connectivity index (χ0n) is 9.80. The molecule has 0 fully saturated rings. The fourth-order valence-electron chi connectivity index (χ4n) is 1.43. The number of furan rings is 1. The Balaban J connectivity index is 2.34. The summed E-state index contributed by atoms with van der Waals surface area (Å²) in [7, 11) is 0. The van der Waals surface area contributed by atoms with Gasteiger partial charge in [0.25, 0.3) is 0 Å². The molecule has 6 heteroatoms. The van der Waals surface area contributed by atoms with Crippen LogP contribution >= 0.6 is 11.8 Å². The molecule has 0 bridgehead atoms. The van der Waals surface area contributed by atoms with Crippen LogP contribution in [0.25, 0.3) is 0 Å². The molecule has 1 aromatic heterocycles. The highest BCUT2D eigenvalue weighted by Crippen LogP contribution is 2.21. The largest absolute Gasteiger partial charge is 0.464 e. The van der Waals surface area contributed by atoms with Crippen molar-refractivity contribution in [3.05, 3.63) is 23.7 Å². The number of nitrogens with one attached hydrogen (secondary N) is 1. The number of hydrogen-bond acceptors (Lipinski definition) is 3. The molecule has 0 aliphatic heterocycles. The molecule has 17 heavy (non-hydrogen) atoms. The molecule has 0 aliphatic carbocycles. The Kier molecular flexibility index (Phi) is 5.39. The van der Waals surface area contributed by atoms with E-state index in [0.717, 1.165) is 11.5 Å². The van der Waals surface area contributed by atoms with Crippen molar-refractivity contribution in [2.24, 2.45) is 0 Å². The Labute approximate surface area is 103 Å². The van der Waals surface area contributed by atoms with Crippen molar-refractivity contribution < 1.29 is 17.6 Å². The second-order valence-electron chi connectivity index (χ2n) is 3.90. The van der Waals surface area contributed by atoms with Crippen molar-refractivity contribution in [2.75, 3.05) is 6.26 Å². The van der Waals surface area contributed by atoms with Crippen molar-refractivity contribution in [3.63, 3.8) is 0 Å². The molecule has 1 rings (SSSR count). The molecular weight excluding hydrogens is 251 g/mol. The summed E-state index contributed by atoms with van der Waals surface area (Å²) in [5, 5.41) is 2.79. The van der Waals surface area contributed by atoms with Crippen LogP contribution in [-0.4, -0.2) is 18.5 Å². The van der Waals surface area contributed by atoms with E-state index < -0.39 is 18.6 Å². The van der Waals surface area contributed by atoms with E-state index in [1.165, 1.54) is 6.92 Å². The molecular formula is C11H16F3NOS. The lowest BCUT2D eigenvalue weighted by atomic mass is 10.2. The summed E-state index contributed by atoms with van der Waals surface area (Å²) < 4.78 is 41.7. The quantitative estimate of drug-likeness (QED) is 0.853. The average Bonchev–Trinajstić information content (AvgIpc) is 2.61. The highest BCUT2D eigenvalue weighted by molar-refractivity contribution is 7.97. The van der Waals surface area contributed by atoms with E-state index in [1.807, 2.05) is 12.3 Å². The molecule has 0 aromatic carbocycles. The molecule has 98 valence electrons. The van der Waals surface area contributed by atoms with Gasteiger partial charge in [-0.1, -0.05) is 0 Å². The van der Waals surface area contributed by atoms with Crippen LogP contribution in [0.2, 0.25) is 0 Å². The Morgan fingerprint density at radius 1 is 1.35 bits per heavy atom. The second-order valence-corrected chi connectivity index (χ2v) is 4.77. The molecule has 0 saturated carbocycles. The Hall–Kier alpha value is -0.620. The third kappa shape index (κ3) is 6.02. The summed E-state index contributed by atoms with van der Waals surface area (Å²) in [6.07, 6.45) is -2.99. The average molecular weight is 267 g/mol. The first-order chi connectivity index (χ1) is 7.90. The van der Waals surface area contributed by atoms with Gasteiger partial charge in [-0.05, 0) is 25.3 Å². The van der Waals surface area contributed by atoms with Gasteiger partial charge in [0.2, 0.25) is 0 Å². The molecule has 1 unspecified atom stereocenters. The van der Waals surface area contributed by atoms with E-state index in [-0.39, 0.29) is 0 Å². The third-order valence-corrected chi connectivity index (χ3v) is 2.74. The van der Waals surface area contributed by atoms with E-state index in [9.17, 15) is 13.2 Å². The minimum atomic E-state index is -4.13. The highest BCUT2D eigenvalue weighted by atomic mass is 32.2. The normalized spacial score (nSPS) is 13.9. The van der Waals surface area contributed by atoms with Gasteiger partial charge in [0.05, 0.1) is 18.7 Å². The minimum absolute atomic E-state index is 0.325. The predicted octanol–water partition coefficient (Wildman–Crippen LogP) is 3.57. The van der Waals surface area contributed by atoms with Crippen molar-refractivity contribution in [1.82, 2.24) is 5.32 Å². The zero-order chi connectivity index (χ0) is 12.9. The van der Waals surface area contributed by atoms with E-state index in [2.05, 4.69) is 5.32 Å². The van der Waals surface area contributed by atoms with E-state index in [0.29, 0.717) is 12.3 Å². The van der Waals surface area contributed by atoms with Crippen molar-refractivity contribution >= 4 is 11.8 Å². The zero-order valence-corrected chi connectivity index (χ0v) is 10.6. The molecule has 0 radical (unpaired) electrons. The van der Waals surface area contributed by atoms with Crippen LogP contribution in [0.4, 0.5) is 13.2 Å². The first-order valence-corrected chi connectivity index (χ1v) is 6.67. The van der Waals surface area contributed by atoms with Gasteiger partial charge < -0.3 is 9.73 Å². The number of thioether (sulfide) groups is 1. The first kappa shape index (κ1) is 14.4. The van der Waals surface area contributed by atoms with Gasteiger partial charge >= 0.3 is 6.18 Å². The number of rotatable bonds is 6. The maximum atomic E-state index is 12.1. The second kappa shape index (κ2) is 6.35. The molecule has 1 N–H and O–H groups in total. The summed E-state index contributed by atoms with van der Waals surface area (Å²) in [5.74, 6) is 2.29. The molecule has 0 saturated heterocycles.